The van der Waals surface area contributed by atoms with Gasteiger partial charge in [-0.25, -0.2) is 8.78 Å². The van der Waals surface area contributed by atoms with Gasteiger partial charge in [0.1, 0.15) is 5.75 Å². The SMILES string of the molecule is NCC(F)(F)CNC(=O)CCOc1ccccc1-c1ccccc1. The van der Waals surface area contributed by atoms with Crippen LogP contribution >= 0.6 is 0 Å². The Morgan fingerprint density at radius 1 is 1.08 bits per heavy atom. The molecule has 0 aromatic heterocycles. The number of carbonyl (C=O) groups excluding carboxylic acids is 1. The van der Waals surface area contributed by atoms with E-state index in [0.29, 0.717) is 5.75 Å². The summed E-state index contributed by atoms with van der Waals surface area (Å²) in [4.78, 5) is 11.6. The lowest BCUT2D eigenvalue weighted by Crippen LogP contribution is -2.41. The van der Waals surface area contributed by atoms with Gasteiger partial charge in [-0.2, -0.15) is 0 Å². The summed E-state index contributed by atoms with van der Waals surface area (Å²) in [6, 6.07) is 17.2. The fourth-order valence-electron chi connectivity index (χ4n) is 2.09. The average molecular weight is 334 g/mol. The lowest BCUT2D eigenvalue weighted by atomic mass is 10.1. The monoisotopic (exact) mass is 334 g/mol. The molecule has 0 aliphatic heterocycles. The van der Waals surface area contributed by atoms with Gasteiger partial charge in [0.05, 0.1) is 26.1 Å². The van der Waals surface area contributed by atoms with Crippen molar-refractivity contribution in [2.75, 3.05) is 19.7 Å². The van der Waals surface area contributed by atoms with Crippen molar-refractivity contribution >= 4 is 5.91 Å². The lowest BCUT2D eigenvalue weighted by molar-refractivity contribution is -0.123. The Labute approximate surface area is 139 Å². The first-order valence-electron chi connectivity index (χ1n) is 7.64. The van der Waals surface area contributed by atoms with Crippen molar-refractivity contribution in [3.05, 3.63) is 54.6 Å². The molecule has 128 valence electrons. The minimum Gasteiger partial charge on any atom is -0.492 e. The number of hydrogen-bond acceptors (Lipinski definition) is 3. The van der Waals surface area contributed by atoms with E-state index >= 15 is 0 Å². The van der Waals surface area contributed by atoms with Crippen LogP contribution in [0.25, 0.3) is 11.1 Å². The van der Waals surface area contributed by atoms with Crippen molar-refractivity contribution in [3.8, 4) is 16.9 Å². The average Bonchev–Trinajstić information content (AvgIpc) is 2.61. The second-order valence-corrected chi connectivity index (χ2v) is 5.30. The summed E-state index contributed by atoms with van der Waals surface area (Å²) in [5.74, 6) is -2.94. The maximum Gasteiger partial charge on any atom is 0.277 e. The summed E-state index contributed by atoms with van der Waals surface area (Å²) in [6.45, 7) is -1.46. The molecule has 6 heteroatoms. The molecule has 2 aromatic rings. The molecule has 0 aliphatic rings. The van der Waals surface area contributed by atoms with E-state index in [1.54, 1.807) is 0 Å². The molecule has 0 bridgehead atoms. The number of nitrogens with one attached hydrogen (secondary N) is 1. The summed E-state index contributed by atoms with van der Waals surface area (Å²) in [6.07, 6.45) is -0.0101. The topological polar surface area (TPSA) is 64.3 Å². The molecule has 3 N–H and O–H groups in total. The van der Waals surface area contributed by atoms with Gasteiger partial charge in [0, 0.05) is 5.56 Å². The highest BCUT2D eigenvalue weighted by atomic mass is 19.3. The zero-order valence-corrected chi connectivity index (χ0v) is 13.2. The molecular formula is C18H20F2N2O2. The van der Waals surface area contributed by atoms with Crippen LogP contribution in [0.1, 0.15) is 6.42 Å². The number of hydrogen-bond donors (Lipinski definition) is 2. The number of amides is 1. The van der Waals surface area contributed by atoms with Crippen molar-refractivity contribution in [1.82, 2.24) is 5.32 Å². The number of carbonyl (C=O) groups is 1. The number of para-hydroxylation sites is 1. The molecule has 0 saturated heterocycles. The van der Waals surface area contributed by atoms with Gasteiger partial charge in [0.2, 0.25) is 5.91 Å². The van der Waals surface area contributed by atoms with Crippen LogP contribution in [0, 0.1) is 0 Å². The molecule has 0 saturated carbocycles. The van der Waals surface area contributed by atoms with Gasteiger partial charge in [-0.1, -0.05) is 48.5 Å². The van der Waals surface area contributed by atoms with Gasteiger partial charge >= 0.3 is 0 Å². The lowest BCUT2D eigenvalue weighted by Gasteiger charge is -2.15. The minimum atomic E-state index is -3.09. The van der Waals surface area contributed by atoms with Crippen molar-refractivity contribution in [2.45, 2.75) is 12.3 Å². The molecule has 4 nitrogen and oxygen atoms in total. The summed E-state index contributed by atoms with van der Waals surface area (Å²) in [7, 11) is 0. The van der Waals surface area contributed by atoms with Gasteiger partial charge in [-0.05, 0) is 11.6 Å². The van der Waals surface area contributed by atoms with E-state index in [-0.39, 0.29) is 13.0 Å². The van der Waals surface area contributed by atoms with E-state index in [4.69, 9.17) is 10.5 Å². The number of alkyl halides is 2. The van der Waals surface area contributed by atoms with Gasteiger partial charge in [-0.3, -0.25) is 4.79 Å². The Morgan fingerprint density at radius 2 is 1.75 bits per heavy atom. The molecule has 0 heterocycles. The number of nitrogens with two attached hydrogens (primary N) is 1. The van der Waals surface area contributed by atoms with Gasteiger partial charge in [0.15, 0.2) is 0 Å². The van der Waals surface area contributed by atoms with Crippen LogP contribution in [-0.4, -0.2) is 31.5 Å². The van der Waals surface area contributed by atoms with Crippen molar-refractivity contribution in [3.63, 3.8) is 0 Å². The van der Waals surface area contributed by atoms with E-state index in [1.165, 1.54) is 0 Å². The van der Waals surface area contributed by atoms with Crippen molar-refractivity contribution < 1.29 is 18.3 Å². The zero-order chi connectivity index (χ0) is 17.4. The highest BCUT2D eigenvalue weighted by molar-refractivity contribution is 5.76. The first kappa shape index (κ1) is 17.9. The van der Waals surface area contributed by atoms with Crippen LogP contribution in [0.2, 0.25) is 0 Å². The first-order valence-corrected chi connectivity index (χ1v) is 7.64. The van der Waals surface area contributed by atoms with Crippen LogP contribution < -0.4 is 15.8 Å². The van der Waals surface area contributed by atoms with E-state index in [0.717, 1.165) is 11.1 Å². The number of ether oxygens (including phenoxy) is 1. The molecule has 2 aromatic carbocycles. The molecule has 0 atom stereocenters. The molecule has 24 heavy (non-hydrogen) atoms. The summed E-state index contributed by atoms with van der Waals surface area (Å²) < 4.78 is 31.6. The third-order valence-electron chi connectivity index (χ3n) is 3.40. The van der Waals surface area contributed by atoms with Gasteiger partial charge in [-0.15, -0.1) is 0 Å². The Balaban J connectivity index is 1.88. The zero-order valence-electron chi connectivity index (χ0n) is 13.2. The van der Waals surface area contributed by atoms with Crippen LogP contribution in [-0.2, 0) is 4.79 Å². The van der Waals surface area contributed by atoms with Gasteiger partial charge < -0.3 is 15.8 Å². The minimum absolute atomic E-state index is 0.0101. The fourth-order valence-corrected chi connectivity index (χ4v) is 2.09. The molecule has 0 spiro atoms. The number of benzene rings is 2. The maximum atomic E-state index is 13.0. The standard InChI is InChI=1S/C18H20F2N2O2/c19-18(20,12-21)13-22-17(23)10-11-24-16-9-5-4-8-15(16)14-6-2-1-3-7-14/h1-9H,10-13,21H2,(H,22,23). The summed E-state index contributed by atoms with van der Waals surface area (Å²) in [5, 5.41) is 2.16. The quantitative estimate of drug-likeness (QED) is 0.780. The molecule has 0 radical (unpaired) electrons. The van der Waals surface area contributed by atoms with Crippen molar-refractivity contribution in [2.24, 2.45) is 5.73 Å². The highest BCUT2D eigenvalue weighted by Gasteiger charge is 2.26. The van der Waals surface area contributed by atoms with E-state index in [1.807, 2.05) is 54.6 Å². The Morgan fingerprint density at radius 3 is 2.46 bits per heavy atom. The molecule has 0 fully saturated rings. The Kier molecular flexibility index (Phi) is 6.26. The Bertz CT molecular complexity index is 663. The normalized spacial score (nSPS) is 11.1. The van der Waals surface area contributed by atoms with Crippen LogP contribution in [0.15, 0.2) is 54.6 Å². The van der Waals surface area contributed by atoms with E-state index in [9.17, 15) is 13.6 Å². The third kappa shape index (κ3) is 5.31. The molecule has 2 rings (SSSR count). The second-order valence-electron chi connectivity index (χ2n) is 5.30. The predicted molar refractivity (Wildman–Crippen MR) is 89.0 cm³/mol. The van der Waals surface area contributed by atoms with Gasteiger partial charge in [0.25, 0.3) is 5.92 Å². The van der Waals surface area contributed by atoms with Crippen molar-refractivity contribution in [1.29, 1.82) is 0 Å². The molecule has 0 aliphatic carbocycles. The molecule has 1 amide bonds. The summed E-state index contributed by atoms with van der Waals surface area (Å²) >= 11 is 0. The first-order chi connectivity index (χ1) is 11.5. The third-order valence-corrected chi connectivity index (χ3v) is 3.40. The predicted octanol–water partition coefficient (Wildman–Crippen LogP) is 2.83. The smallest absolute Gasteiger partial charge is 0.277 e. The molecule has 0 unspecified atom stereocenters. The maximum absolute atomic E-state index is 13.0. The Hall–Kier alpha value is -2.47. The van der Waals surface area contributed by atoms with Crippen LogP contribution in [0.4, 0.5) is 8.78 Å². The summed E-state index contributed by atoms with van der Waals surface area (Å²) in [5.41, 5.74) is 6.83. The fraction of sp³-hybridized carbons (Fsp3) is 0.278. The largest absolute Gasteiger partial charge is 0.492 e. The second kappa shape index (κ2) is 8.40. The number of halogens is 2. The van der Waals surface area contributed by atoms with E-state index in [2.05, 4.69) is 5.32 Å². The van der Waals surface area contributed by atoms with Crippen LogP contribution in [0.5, 0.6) is 5.75 Å². The molecular weight excluding hydrogens is 314 g/mol. The highest BCUT2D eigenvalue weighted by Crippen LogP contribution is 2.29. The van der Waals surface area contributed by atoms with E-state index < -0.39 is 24.9 Å². The number of rotatable bonds is 8. The van der Waals surface area contributed by atoms with Crippen LogP contribution in [0.3, 0.4) is 0 Å².